The molecule has 4 atom stereocenters. The highest BCUT2D eigenvalue weighted by Gasteiger charge is 2.44. The van der Waals surface area contributed by atoms with Crippen LogP contribution in [0.3, 0.4) is 0 Å². The minimum atomic E-state index is -1.19. The number of hydrogen-bond acceptors (Lipinski definition) is 8. The van der Waals surface area contributed by atoms with Crippen molar-refractivity contribution >= 4 is 22.9 Å². The maximum Gasteiger partial charge on any atom is 0.304 e. The van der Waals surface area contributed by atoms with Crippen LogP contribution in [0, 0.1) is 12.3 Å². The molecule has 1 aliphatic carbocycles. The Hall–Kier alpha value is -2.58. The number of imidazole rings is 1. The third-order valence-electron chi connectivity index (χ3n) is 4.92. The molecule has 2 aromatic rings. The van der Waals surface area contributed by atoms with Crippen LogP contribution in [0.4, 0.5) is 5.82 Å². The molecule has 2 aliphatic rings. The number of aliphatic hydroxyl groups is 2. The monoisotopic (exact) mass is 387 g/mol. The van der Waals surface area contributed by atoms with E-state index in [2.05, 4.69) is 20.9 Å². The third-order valence-corrected chi connectivity index (χ3v) is 4.92. The molecule has 10 heteroatoms. The molecule has 3 heterocycles. The molecule has 1 saturated heterocycles. The first kappa shape index (κ1) is 18.8. The summed E-state index contributed by atoms with van der Waals surface area (Å²) in [5.74, 6) is 1.97. The largest absolute Gasteiger partial charge is 0.387 e. The van der Waals surface area contributed by atoms with Crippen LogP contribution in [0.25, 0.3) is 11.2 Å². The van der Waals surface area contributed by atoms with Gasteiger partial charge in [-0.2, -0.15) is 0 Å². The van der Waals surface area contributed by atoms with E-state index in [0.29, 0.717) is 23.6 Å². The smallest absolute Gasteiger partial charge is 0.304 e. The highest BCUT2D eigenvalue weighted by molar-refractivity contribution is 6.08. The van der Waals surface area contributed by atoms with Crippen molar-refractivity contribution in [3.8, 4) is 12.3 Å². The number of aromatic nitrogens is 4. The van der Waals surface area contributed by atoms with Crippen LogP contribution in [-0.2, 0) is 14.3 Å². The van der Waals surface area contributed by atoms with E-state index < -0.39 is 30.4 Å². The van der Waals surface area contributed by atoms with Gasteiger partial charge in [0.05, 0.1) is 12.9 Å². The zero-order chi connectivity index (χ0) is 19.8. The molecule has 0 aromatic carbocycles. The van der Waals surface area contributed by atoms with Crippen LogP contribution < -0.4 is 4.90 Å². The summed E-state index contributed by atoms with van der Waals surface area (Å²) in [6, 6.07) is -0.00230. The summed E-state index contributed by atoms with van der Waals surface area (Å²) in [6.45, 7) is 2.46. The number of hydrogen-bond donors (Lipinski definition) is 2. The fraction of sp³-hybridized carbons (Fsp3) is 0.556. The molecular weight excluding hydrogens is 366 g/mol. The molecule has 0 spiro atoms. The highest BCUT2D eigenvalue weighted by atomic mass is 16.6. The van der Waals surface area contributed by atoms with Crippen molar-refractivity contribution in [1.29, 1.82) is 0 Å². The third kappa shape index (κ3) is 3.12. The van der Waals surface area contributed by atoms with Crippen LogP contribution in [0.2, 0.25) is 0 Å². The second-order valence-electron chi connectivity index (χ2n) is 6.78. The summed E-state index contributed by atoms with van der Waals surface area (Å²) in [7, 11) is 0. The Balaban J connectivity index is 1.69. The second-order valence-corrected chi connectivity index (χ2v) is 6.78. The molecule has 0 bridgehead atoms. The van der Waals surface area contributed by atoms with Crippen LogP contribution in [0.5, 0.6) is 0 Å². The SMILES string of the molecule is C#CC(=O)N(c1ncnc2c1ncn2[C@@H]1O[C@H](COCC)[C@@H](O)[C@H]1O)C1CC1. The van der Waals surface area contributed by atoms with Crippen molar-refractivity contribution in [1.82, 2.24) is 19.5 Å². The average Bonchev–Trinajstić information content (AvgIpc) is 3.38. The Kier molecular flexibility index (Phi) is 4.99. The van der Waals surface area contributed by atoms with Crippen LogP contribution in [0.1, 0.15) is 26.0 Å². The summed E-state index contributed by atoms with van der Waals surface area (Å²) in [6.07, 6.45) is 5.88. The molecule has 10 nitrogen and oxygen atoms in total. The summed E-state index contributed by atoms with van der Waals surface area (Å²) in [4.78, 5) is 26.5. The van der Waals surface area contributed by atoms with Gasteiger partial charge in [-0.15, -0.1) is 6.42 Å². The number of aliphatic hydroxyl groups excluding tert-OH is 2. The fourth-order valence-electron chi connectivity index (χ4n) is 3.37. The van der Waals surface area contributed by atoms with E-state index in [1.165, 1.54) is 22.1 Å². The maximum absolute atomic E-state index is 12.2. The van der Waals surface area contributed by atoms with Crippen molar-refractivity contribution in [2.24, 2.45) is 0 Å². The van der Waals surface area contributed by atoms with Gasteiger partial charge < -0.3 is 19.7 Å². The van der Waals surface area contributed by atoms with Gasteiger partial charge >= 0.3 is 5.91 Å². The Morgan fingerprint density at radius 3 is 2.86 bits per heavy atom. The molecular formula is C18H21N5O5. The summed E-state index contributed by atoms with van der Waals surface area (Å²) >= 11 is 0. The number of nitrogens with zero attached hydrogens (tertiary/aromatic N) is 5. The van der Waals surface area contributed by atoms with Crippen molar-refractivity contribution in [3.05, 3.63) is 12.7 Å². The van der Waals surface area contributed by atoms with Gasteiger partial charge in [-0.25, -0.2) is 15.0 Å². The van der Waals surface area contributed by atoms with E-state index >= 15 is 0 Å². The van der Waals surface area contributed by atoms with Crippen molar-refractivity contribution < 1.29 is 24.5 Å². The Morgan fingerprint density at radius 2 is 2.18 bits per heavy atom. The topological polar surface area (TPSA) is 123 Å². The van der Waals surface area contributed by atoms with Gasteiger partial charge in [0.2, 0.25) is 0 Å². The van der Waals surface area contributed by atoms with E-state index in [0.717, 1.165) is 12.8 Å². The van der Waals surface area contributed by atoms with E-state index in [4.69, 9.17) is 15.9 Å². The van der Waals surface area contributed by atoms with Crippen molar-refractivity contribution in [3.63, 3.8) is 0 Å². The van der Waals surface area contributed by atoms with E-state index in [1.807, 2.05) is 6.92 Å². The predicted molar refractivity (Wildman–Crippen MR) is 97.1 cm³/mol. The molecule has 2 N–H and O–H groups in total. The minimum Gasteiger partial charge on any atom is -0.387 e. The number of amides is 1. The molecule has 0 radical (unpaired) electrons. The van der Waals surface area contributed by atoms with Gasteiger partial charge in [0, 0.05) is 12.6 Å². The number of carbonyl (C=O) groups is 1. The average molecular weight is 387 g/mol. The molecule has 4 rings (SSSR count). The maximum atomic E-state index is 12.2. The van der Waals surface area contributed by atoms with Gasteiger partial charge in [-0.05, 0) is 25.7 Å². The molecule has 28 heavy (non-hydrogen) atoms. The Bertz CT molecular complexity index is 921. The number of carbonyl (C=O) groups excluding carboxylic acids is 1. The van der Waals surface area contributed by atoms with E-state index in [1.54, 1.807) is 0 Å². The molecule has 148 valence electrons. The second kappa shape index (κ2) is 7.44. The molecule has 1 saturated carbocycles. The minimum absolute atomic E-state index is 0.00230. The number of rotatable bonds is 6. The fourth-order valence-corrected chi connectivity index (χ4v) is 3.37. The first-order chi connectivity index (χ1) is 13.6. The van der Waals surface area contributed by atoms with Gasteiger partial charge in [-0.3, -0.25) is 14.3 Å². The van der Waals surface area contributed by atoms with Crippen LogP contribution in [0.15, 0.2) is 12.7 Å². The Morgan fingerprint density at radius 1 is 1.39 bits per heavy atom. The standard InChI is InChI=1S/C18H21N5O5/c1-3-12(24)23(10-5-6-10)17-13-16(19-8-20-17)22(9-21-13)18-15(26)14(25)11(28-18)7-27-4-2/h1,8-11,14-15,18,25-26H,4-7H2,2H3/t11-,14-,15-,18-/m1/s1. The van der Waals surface area contributed by atoms with E-state index in [9.17, 15) is 15.0 Å². The molecule has 0 unspecified atom stereocenters. The molecule has 1 aliphatic heterocycles. The lowest BCUT2D eigenvalue weighted by Crippen LogP contribution is -2.34. The Labute approximate surface area is 161 Å². The summed E-state index contributed by atoms with van der Waals surface area (Å²) in [5, 5.41) is 20.7. The van der Waals surface area contributed by atoms with Crippen LogP contribution in [-0.4, -0.2) is 73.2 Å². The van der Waals surface area contributed by atoms with Crippen LogP contribution >= 0.6 is 0 Å². The summed E-state index contributed by atoms with van der Waals surface area (Å²) in [5.41, 5.74) is 0.741. The zero-order valence-electron chi connectivity index (χ0n) is 15.3. The van der Waals surface area contributed by atoms with Gasteiger partial charge in [-0.1, -0.05) is 0 Å². The quantitative estimate of drug-likeness (QED) is 0.643. The van der Waals surface area contributed by atoms with E-state index in [-0.39, 0.29) is 12.6 Å². The first-order valence-corrected chi connectivity index (χ1v) is 9.13. The number of terminal acetylenes is 1. The highest BCUT2D eigenvalue weighted by Crippen LogP contribution is 2.36. The van der Waals surface area contributed by atoms with Gasteiger partial charge in [0.25, 0.3) is 0 Å². The molecule has 2 aromatic heterocycles. The lowest BCUT2D eigenvalue weighted by molar-refractivity contribution is -0.113. The summed E-state index contributed by atoms with van der Waals surface area (Å²) < 4.78 is 12.6. The molecule has 1 amide bonds. The number of fused-ring (bicyclic) bond motifs is 1. The normalized spacial score (nSPS) is 27.1. The van der Waals surface area contributed by atoms with Gasteiger partial charge in [0.1, 0.15) is 24.6 Å². The van der Waals surface area contributed by atoms with Gasteiger partial charge in [0.15, 0.2) is 23.2 Å². The predicted octanol–water partition coefficient (Wildman–Crippen LogP) is -0.389. The first-order valence-electron chi connectivity index (χ1n) is 9.13. The molecule has 2 fully saturated rings. The number of anilines is 1. The van der Waals surface area contributed by atoms with Crippen molar-refractivity contribution in [2.45, 2.75) is 50.3 Å². The van der Waals surface area contributed by atoms with Crippen molar-refractivity contribution in [2.75, 3.05) is 18.1 Å². The lowest BCUT2D eigenvalue weighted by atomic mass is 10.1. The zero-order valence-corrected chi connectivity index (χ0v) is 15.3. The lowest BCUT2D eigenvalue weighted by Gasteiger charge is -2.19. The number of ether oxygens (including phenoxy) is 2.